The molecule has 18 heavy (non-hydrogen) atoms. The van der Waals surface area contributed by atoms with Crippen LogP contribution in [0.25, 0.3) is 0 Å². The number of ether oxygens (including phenoxy) is 1. The molecule has 1 aliphatic heterocycles. The maximum absolute atomic E-state index is 5.85. The van der Waals surface area contributed by atoms with Crippen LogP contribution in [0.3, 0.4) is 0 Å². The Morgan fingerprint density at radius 1 is 1.56 bits per heavy atom. The van der Waals surface area contributed by atoms with Gasteiger partial charge in [-0.2, -0.15) is 0 Å². The van der Waals surface area contributed by atoms with Crippen LogP contribution in [-0.4, -0.2) is 35.7 Å². The van der Waals surface area contributed by atoms with Crippen molar-refractivity contribution in [3.05, 3.63) is 23.9 Å². The van der Waals surface area contributed by atoms with E-state index in [1.807, 2.05) is 12.1 Å². The van der Waals surface area contributed by atoms with E-state index in [1.165, 1.54) is 18.4 Å². The van der Waals surface area contributed by atoms with Crippen LogP contribution in [0.1, 0.15) is 31.7 Å². The Kier molecular flexibility index (Phi) is 4.96. The van der Waals surface area contributed by atoms with Crippen LogP contribution in [0.4, 0.5) is 5.82 Å². The summed E-state index contributed by atoms with van der Waals surface area (Å²) in [7, 11) is 0. The minimum Gasteiger partial charge on any atom is -0.384 e. The third kappa shape index (κ3) is 3.96. The molecule has 0 radical (unpaired) electrons. The molecule has 4 heteroatoms. The van der Waals surface area contributed by atoms with Crippen LogP contribution >= 0.6 is 0 Å². The minimum atomic E-state index is 0.401. The van der Waals surface area contributed by atoms with E-state index in [0.29, 0.717) is 11.9 Å². The number of piperidine rings is 1. The number of nitrogens with zero attached hydrogens (tertiary/aromatic N) is 2. The summed E-state index contributed by atoms with van der Waals surface area (Å²) in [6.07, 6.45) is 5.68. The Bertz CT molecular complexity index is 370. The Labute approximate surface area is 109 Å². The van der Waals surface area contributed by atoms with Gasteiger partial charge in [-0.05, 0) is 43.5 Å². The van der Waals surface area contributed by atoms with E-state index in [1.54, 1.807) is 6.20 Å². The van der Waals surface area contributed by atoms with Crippen LogP contribution in [-0.2, 0) is 11.3 Å². The van der Waals surface area contributed by atoms with Crippen LogP contribution in [0.15, 0.2) is 18.3 Å². The highest BCUT2D eigenvalue weighted by atomic mass is 16.5. The van der Waals surface area contributed by atoms with E-state index in [2.05, 4.69) is 16.8 Å². The fourth-order valence-corrected chi connectivity index (χ4v) is 2.43. The zero-order valence-corrected chi connectivity index (χ0v) is 11.1. The molecule has 0 spiro atoms. The molecule has 100 valence electrons. The molecule has 2 N–H and O–H groups in total. The molecule has 1 aromatic rings. The SMILES string of the molecule is CCCOC1CCCN(Cc2ccnc(N)c2)C1. The number of rotatable bonds is 5. The number of hydrogen-bond acceptors (Lipinski definition) is 4. The second kappa shape index (κ2) is 6.71. The van der Waals surface area contributed by atoms with Crippen molar-refractivity contribution in [2.75, 3.05) is 25.4 Å². The molecule has 2 rings (SSSR count). The first kappa shape index (κ1) is 13.3. The van der Waals surface area contributed by atoms with Gasteiger partial charge in [-0.1, -0.05) is 6.92 Å². The van der Waals surface area contributed by atoms with E-state index in [4.69, 9.17) is 10.5 Å². The summed E-state index contributed by atoms with van der Waals surface area (Å²) >= 11 is 0. The Balaban J connectivity index is 1.85. The lowest BCUT2D eigenvalue weighted by Gasteiger charge is -2.32. The average molecular weight is 249 g/mol. The van der Waals surface area contributed by atoms with E-state index < -0.39 is 0 Å². The molecule has 0 saturated carbocycles. The summed E-state index contributed by atoms with van der Waals surface area (Å²) in [4.78, 5) is 6.47. The molecule has 0 aromatic carbocycles. The number of anilines is 1. The molecule has 0 bridgehead atoms. The van der Waals surface area contributed by atoms with Gasteiger partial charge in [0.25, 0.3) is 0 Å². The molecule has 0 amide bonds. The minimum absolute atomic E-state index is 0.401. The summed E-state index contributed by atoms with van der Waals surface area (Å²) in [5.41, 5.74) is 6.94. The number of nitrogens with two attached hydrogens (primary N) is 1. The zero-order valence-electron chi connectivity index (χ0n) is 11.1. The van der Waals surface area contributed by atoms with Crippen LogP contribution in [0.2, 0.25) is 0 Å². The van der Waals surface area contributed by atoms with Gasteiger partial charge in [0, 0.05) is 25.9 Å². The van der Waals surface area contributed by atoms with Gasteiger partial charge >= 0.3 is 0 Å². The van der Waals surface area contributed by atoms with Gasteiger partial charge in [0.15, 0.2) is 0 Å². The van der Waals surface area contributed by atoms with Crippen molar-refractivity contribution in [3.8, 4) is 0 Å². The highest BCUT2D eigenvalue weighted by molar-refractivity contribution is 5.31. The maximum Gasteiger partial charge on any atom is 0.123 e. The molecule has 1 fully saturated rings. The van der Waals surface area contributed by atoms with E-state index >= 15 is 0 Å². The molecule has 2 heterocycles. The fraction of sp³-hybridized carbons (Fsp3) is 0.643. The maximum atomic E-state index is 5.85. The predicted molar refractivity (Wildman–Crippen MR) is 73.2 cm³/mol. The van der Waals surface area contributed by atoms with Crippen molar-refractivity contribution >= 4 is 5.82 Å². The van der Waals surface area contributed by atoms with Crippen molar-refractivity contribution in [2.24, 2.45) is 0 Å². The van der Waals surface area contributed by atoms with Gasteiger partial charge < -0.3 is 10.5 Å². The number of nitrogen functional groups attached to an aromatic ring is 1. The van der Waals surface area contributed by atoms with Gasteiger partial charge in [0.1, 0.15) is 5.82 Å². The Morgan fingerprint density at radius 3 is 3.22 bits per heavy atom. The summed E-state index contributed by atoms with van der Waals surface area (Å²) < 4.78 is 5.85. The Hall–Kier alpha value is -1.13. The van der Waals surface area contributed by atoms with Gasteiger partial charge in [0.2, 0.25) is 0 Å². The smallest absolute Gasteiger partial charge is 0.123 e. The van der Waals surface area contributed by atoms with Crippen LogP contribution in [0, 0.1) is 0 Å². The largest absolute Gasteiger partial charge is 0.384 e. The first-order chi connectivity index (χ1) is 8.78. The molecule has 4 nitrogen and oxygen atoms in total. The van der Waals surface area contributed by atoms with Crippen molar-refractivity contribution in [1.29, 1.82) is 0 Å². The third-order valence-electron chi connectivity index (χ3n) is 3.27. The van der Waals surface area contributed by atoms with Gasteiger partial charge in [-0.25, -0.2) is 4.98 Å². The van der Waals surface area contributed by atoms with Crippen LogP contribution < -0.4 is 5.73 Å². The van der Waals surface area contributed by atoms with E-state index in [0.717, 1.165) is 32.7 Å². The lowest BCUT2D eigenvalue weighted by atomic mass is 10.1. The van der Waals surface area contributed by atoms with E-state index in [-0.39, 0.29) is 0 Å². The number of likely N-dealkylation sites (tertiary alicyclic amines) is 1. The Morgan fingerprint density at radius 2 is 2.44 bits per heavy atom. The monoisotopic (exact) mass is 249 g/mol. The van der Waals surface area contributed by atoms with Gasteiger partial charge in [-0.3, -0.25) is 4.90 Å². The topological polar surface area (TPSA) is 51.4 Å². The quantitative estimate of drug-likeness (QED) is 0.867. The first-order valence-corrected chi connectivity index (χ1v) is 6.82. The molecule has 1 atom stereocenters. The molecular formula is C14H23N3O. The third-order valence-corrected chi connectivity index (χ3v) is 3.27. The standard InChI is InChI=1S/C14H23N3O/c1-2-8-18-13-4-3-7-17(11-13)10-12-5-6-16-14(15)9-12/h5-6,9,13H,2-4,7-8,10-11H2,1H3,(H2,15,16). The number of hydrogen-bond donors (Lipinski definition) is 1. The number of pyridine rings is 1. The van der Waals surface area contributed by atoms with Crippen molar-refractivity contribution in [3.63, 3.8) is 0 Å². The fourth-order valence-electron chi connectivity index (χ4n) is 2.43. The van der Waals surface area contributed by atoms with Crippen LogP contribution in [0.5, 0.6) is 0 Å². The first-order valence-electron chi connectivity index (χ1n) is 6.82. The normalized spacial score (nSPS) is 21.1. The van der Waals surface area contributed by atoms with Gasteiger partial charge in [-0.15, -0.1) is 0 Å². The zero-order chi connectivity index (χ0) is 12.8. The average Bonchev–Trinajstić information content (AvgIpc) is 2.37. The molecule has 1 aliphatic rings. The lowest BCUT2D eigenvalue weighted by Crippen LogP contribution is -2.39. The molecular weight excluding hydrogens is 226 g/mol. The summed E-state index contributed by atoms with van der Waals surface area (Å²) in [5.74, 6) is 0.600. The molecule has 1 aromatic heterocycles. The van der Waals surface area contributed by atoms with E-state index in [9.17, 15) is 0 Å². The van der Waals surface area contributed by atoms with Gasteiger partial charge in [0.05, 0.1) is 6.10 Å². The second-order valence-electron chi connectivity index (χ2n) is 4.96. The van der Waals surface area contributed by atoms with Crippen molar-refractivity contribution in [2.45, 2.75) is 38.8 Å². The highest BCUT2D eigenvalue weighted by Crippen LogP contribution is 2.16. The molecule has 0 aliphatic carbocycles. The second-order valence-corrected chi connectivity index (χ2v) is 4.96. The van der Waals surface area contributed by atoms with Crippen molar-refractivity contribution in [1.82, 2.24) is 9.88 Å². The van der Waals surface area contributed by atoms with Crippen molar-refractivity contribution < 1.29 is 4.74 Å². The highest BCUT2D eigenvalue weighted by Gasteiger charge is 2.20. The summed E-state index contributed by atoms with van der Waals surface area (Å²) in [6.45, 7) is 6.15. The molecule has 1 saturated heterocycles. The predicted octanol–water partition coefficient (Wildman–Crippen LogP) is 2.05. The molecule has 1 unspecified atom stereocenters. The number of aromatic nitrogens is 1. The lowest BCUT2D eigenvalue weighted by molar-refractivity contribution is -0.00222. The summed E-state index contributed by atoms with van der Waals surface area (Å²) in [5, 5.41) is 0. The summed E-state index contributed by atoms with van der Waals surface area (Å²) in [6, 6.07) is 3.99.